The lowest BCUT2D eigenvalue weighted by molar-refractivity contribution is 0.361. The SMILES string of the molecule is C=N.CC.CC(C1C=CC=CC1)C(N)c1cccc(-c2cc3c4ccccc4c4ccccc4c3c3ccccc23)c1.CNc1cccc(C2=CC=CCC2)c1. The zero-order valence-corrected chi connectivity index (χ0v) is 33.3. The second-order valence-corrected chi connectivity index (χ2v) is 14.2. The Morgan fingerprint density at radius 3 is 1.89 bits per heavy atom. The van der Waals surface area contributed by atoms with Crippen LogP contribution < -0.4 is 11.1 Å². The summed E-state index contributed by atoms with van der Waals surface area (Å²) in [6.07, 6.45) is 18.8. The van der Waals surface area contributed by atoms with Crippen LogP contribution in [0.5, 0.6) is 0 Å². The average Bonchev–Trinajstić information content (AvgIpc) is 3.30. The molecule has 0 aromatic heterocycles. The van der Waals surface area contributed by atoms with Gasteiger partial charge in [0, 0.05) is 18.8 Å². The average molecular weight is 734 g/mol. The van der Waals surface area contributed by atoms with Crippen LogP contribution in [0.4, 0.5) is 5.69 Å². The topological polar surface area (TPSA) is 61.9 Å². The Bertz CT molecular complexity index is 2550. The first kappa shape index (κ1) is 39.7. The quantitative estimate of drug-likeness (QED) is 0.118. The number of anilines is 1. The molecule has 0 aliphatic heterocycles. The number of nitrogens with two attached hydrogens (primary N) is 1. The standard InChI is InChI=1S/C37H31N.C13H15N.C2H6.CH3N/c1-24(25-12-3-2-4-13-25)37(38)27-15-11-14-26(22-27)34-23-35-30-18-6-5-16-28(30)29-17-7-9-20-32(29)36(35)33-21-10-8-19-31(33)34;1-14-13-9-5-8-12(10-13)11-6-3-2-4-7-11;2*1-2/h2-12,14-25,37H,13,38H2,1H3;2-3,5-6,8-10,14H,4,7H2,1H3;1-2H3;2H,1H2. The van der Waals surface area contributed by atoms with Crippen LogP contribution in [0.2, 0.25) is 0 Å². The van der Waals surface area contributed by atoms with E-state index in [-0.39, 0.29) is 6.04 Å². The first-order chi connectivity index (χ1) is 27.6. The van der Waals surface area contributed by atoms with Gasteiger partial charge >= 0.3 is 0 Å². The Morgan fingerprint density at radius 2 is 1.25 bits per heavy atom. The van der Waals surface area contributed by atoms with Gasteiger partial charge in [0.15, 0.2) is 0 Å². The van der Waals surface area contributed by atoms with Crippen molar-refractivity contribution in [3.05, 3.63) is 181 Å². The van der Waals surface area contributed by atoms with Crippen molar-refractivity contribution in [1.82, 2.24) is 0 Å². The third-order valence-electron chi connectivity index (χ3n) is 11.1. The van der Waals surface area contributed by atoms with E-state index < -0.39 is 0 Å². The Balaban J connectivity index is 0.000000247. The molecular formula is C53H55N3. The van der Waals surface area contributed by atoms with Gasteiger partial charge in [-0.2, -0.15) is 0 Å². The maximum Gasteiger partial charge on any atom is 0.0343 e. The van der Waals surface area contributed by atoms with Crippen molar-refractivity contribution < 1.29 is 0 Å². The molecule has 7 aromatic carbocycles. The molecule has 2 aliphatic carbocycles. The van der Waals surface area contributed by atoms with Gasteiger partial charge in [0.2, 0.25) is 0 Å². The molecule has 282 valence electrons. The van der Waals surface area contributed by atoms with E-state index in [1.54, 1.807) is 0 Å². The lowest BCUT2D eigenvalue weighted by Crippen LogP contribution is -2.25. The molecule has 0 heterocycles. The van der Waals surface area contributed by atoms with Crippen molar-refractivity contribution >= 4 is 61.1 Å². The summed E-state index contributed by atoms with van der Waals surface area (Å²) >= 11 is 0. The third-order valence-corrected chi connectivity index (χ3v) is 11.1. The molecule has 4 N–H and O–H groups in total. The molecule has 3 unspecified atom stereocenters. The van der Waals surface area contributed by atoms with E-state index in [1.807, 2.05) is 20.9 Å². The summed E-state index contributed by atoms with van der Waals surface area (Å²) in [5, 5.41) is 19.1. The van der Waals surface area contributed by atoms with Crippen LogP contribution in [0.1, 0.15) is 57.2 Å². The lowest BCUT2D eigenvalue weighted by Gasteiger charge is -2.27. The summed E-state index contributed by atoms with van der Waals surface area (Å²) in [5.74, 6) is 0.829. The summed E-state index contributed by atoms with van der Waals surface area (Å²) in [6.45, 7) is 8.79. The normalized spacial score (nSPS) is 15.4. The van der Waals surface area contributed by atoms with E-state index in [0.29, 0.717) is 11.8 Å². The number of fused-ring (bicyclic) bond motifs is 8. The third kappa shape index (κ3) is 8.29. The van der Waals surface area contributed by atoms with Crippen molar-refractivity contribution in [1.29, 1.82) is 5.41 Å². The Hall–Kier alpha value is -6.03. The predicted octanol–water partition coefficient (Wildman–Crippen LogP) is 14.5. The van der Waals surface area contributed by atoms with E-state index in [9.17, 15) is 0 Å². The monoisotopic (exact) mass is 733 g/mol. The number of hydrogen-bond donors (Lipinski definition) is 3. The molecule has 0 amide bonds. The van der Waals surface area contributed by atoms with Crippen LogP contribution in [-0.2, 0) is 0 Å². The van der Waals surface area contributed by atoms with E-state index >= 15 is 0 Å². The van der Waals surface area contributed by atoms with Gasteiger partial charge in [0.25, 0.3) is 0 Å². The van der Waals surface area contributed by atoms with Gasteiger partial charge in [-0.1, -0.05) is 166 Å². The van der Waals surface area contributed by atoms with Crippen molar-refractivity contribution in [2.75, 3.05) is 12.4 Å². The smallest absolute Gasteiger partial charge is 0.0343 e. The maximum absolute atomic E-state index is 6.90. The van der Waals surface area contributed by atoms with Crippen molar-refractivity contribution in [2.24, 2.45) is 17.6 Å². The molecule has 0 saturated carbocycles. The summed E-state index contributed by atoms with van der Waals surface area (Å²) in [6, 6.07) is 46.4. The number of nitrogens with one attached hydrogen (secondary N) is 2. The van der Waals surface area contributed by atoms with E-state index in [4.69, 9.17) is 11.1 Å². The highest BCUT2D eigenvalue weighted by atomic mass is 14.8. The van der Waals surface area contributed by atoms with E-state index in [1.165, 1.54) is 76.6 Å². The molecule has 56 heavy (non-hydrogen) atoms. The molecule has 0 radical (unpaired) electrons. The van der Waals surface area contributed by atoms with Crippen molar-refractivity contribution in [3.8, 4) is 11.1 Å². The van der Waals surface area contributed by atoms with Gasteiger partial charge in [-0.05, 0) is 133 Å². The lowest BCUT2D eigenvalue weighted by atomic mass is 9.80. The molecule has 0 fully saturated rings. The summed E-state index contributed by atoms with van der Waals surface area (Å²) in [5.41, 5.74) is 14.5. The zero-order valence-electron chi connectivity index (χ0n) is 33.3. The van der Waals surface area contributed by atoms with Gasteiger partial charge in [0.1, 0.15) is 0 Å². The van der Waals surface area contributed by atoms with Gasteiger partial charge < -0.3 is 16.5 Å². The number of allylic oxidation sites excluding steroid dienone is 8. The van der Waals surface area contributed by atoms with E-state index in [0.717, 1.165) is 19.3 Å². The fourth-order valence-electron chi connectivity index (χ4n) is 8.20. The molecule has 3 nitrogen and oxygen atoms in total. The van der Waals surface area contributed by atoms with Gasteiger partial charge in [0.05, 0.1) is 0 Å². The van der Waals surface area contributed by atoms with E-state index in [2.05, 4.69) is 189 Å². The van der Waals surface area contributed by atoms with Crippen LogP contribution in [0.3, 0.4) is 0 Å². The Morgan fingerprint density at radius 1 is 0.643 bits per heavy atom. The molecular weight excluding hydrogens is 679 g/mol. The second kappa shape index (κ2) is 19.0. The predicted molar refractivity (Wildman–Crippen MR) is 248 cm³/mol. The molecule has 0 bridgehead atoms. The number of rotatable bonds is 6. The molecule has 3 heteroatoms. The van der Waals surface area contributed by atoms with Crippen LogP contribution >= 0.6 is 0 Å². The maximum atomic E-state index is 6.90. The highest BCUT2D eigenvalue weighted by Crippen LogP contribution is 2.43. The van der Waals surface area contributed by atoms with Gasteiger partial charge in [-0.3, -0.25) is 0 Å². The van der Waals surface area contributed by atoms with Crippen LogP contribution in [0, 0.1) is 17.2 Å². The fraction of sp³-hybridized carbons (Fsp3) is 0.189. The Kier molecular flexibility index (Phi) is 13.5. The molecule has 7 aromatic rings. The summed E-state index contributed by atoms with van der Waals surface area (Å²) in [4.78, 5) is 0. The minimum atomic E-state index is -0.0207. The number of benzene rings is 7. The minimum Gasteiger partial charge on any atom is -0.388 e. The van der Waals surface area contributed by atoms with Gasteiger partial charge in [-0.25, -0.2) is 0 Å². The highest BCUT2D eigenvalue weighted by Gasteiger charge is 2.23. The van der Waals surface area contributed by atoms with Gasteiger partial charge in [-0.15, -0.1) is 0 Å². The minimum absolute atomic E-state index is 0.0207. The second-order valence-electron chi connectivity index (χ2n) is 14.2. The first-order valence-corrected chi connectivity index (χ1v) is 20.0. The van der Waals surface area contributed by atoms with Crippen LogP contribution in [0.25, 0.3) is 59.8 Å². The molecule has 0 saturated heterocycles. The fourth-order valence-corrected chi connectivity index (χ4v) is 8.20. The Labute approximate surface area is 333 Å². The molecule has 2 aliphatic rings. The summed E-state index contributed by atoms with van der Waals surface area (Å²) < 4.78 is 0. The van der Waals surface area contributed by atoms with Crippen molar-refractivity contribution in [2.45, 2.75) is 46.1 Å². The largest absolute Gasteiger partial charge is 0.388 e. The summed E-state index contributed by atoms with van der Waals surface area (Å²) in [7, 11) is 1.95. The van der Waals surface area contributed by atoms with Crippen LogP contribution in [0.15, 0.2) is 170 Å². The zero-order chi connectivity index (χ0) is 39.4. The van der Waals surface area contributed by atoms with Crippen LogP contribution in [-0.4, -0.2) is 13.8 Å². The van der Waals surface area contributed by atoms with Crippen molar-refractivity contribution in [3.63, 3.8) is 0 Å². The molecule has 9 rings (SSSR count). The first-order valence-electron chi connectivity index (χ1n) is 20.0. The molecule has 0 spiro atoms. The number of hydrogen-bond acceptors (Lipinski definition) is 3. The molecule has 3 atom stereocenters. The highest BCUT2D eigenvalue weighted by molar-refractivity contribution is 6.33.